The summed E-state index contributed by atoms with van der Waals surface area (Å²) in [6.45, 7) is 0.206. The highest BCUT2D eigenvalue weighted by Crippen LogP contribution is 2.49. The van der Waals surface area contributed by atoms with Crippen molar-refractivity contribution in [1.82, 2.24) is 5.01 Å². The lowest BCUT2D eigenvalue weighted by Gasteiger charge is -2.37. The number of hydrogen-bond acceptors (Lipinski definition) is 7. The van der Waals surface area contributed by atoms with E-state index in [-0.39, 0.29) is 47.8 Å². The third kappa shape index (κ3) is 3.83. The molecule has 2 amide bonds. The number of hydrogen-bond donors (Lipinski definition) is 0. The van der Waals surface area contributed by atoms with Gasteiger partial charge in [-0.2, -0.15) is 10.1 Å². The van der Waals surface area contributed by atoms with Crippen molar-refractivity contribution in [2.75, 3.05) is 7.11 Å². The Morgan fingerprint density at radius 1 is 1.03 bits per heavy atom. The second kappa shape index (κ2) is 8.74. The number of nitro benzene ring substituents is 1. The zero-order valence-electron chi connectivity index (χ0n) is 18.5. The zero-order chi connectivity index (χ0) is 23.8. The van der Waals surface area contributed by atoms with Crippen molar-refractivity contribution in [2.24, 2.45) is 28.8 Å². The Bertz CT molecular complexity index is 1170. The van der Waals surface area contributed by atoms with Crippen LogP contribution in [0.4, 0.5) is 5.69 Å². The van der Waals surface area contributed by atoms with Crippen LogP contribution in [0, 0.1) is 33.8 Å². The topological polar surface area (TPSA) is 111 Å². The van der Waals surface area contributed by atoms with E-state index in [9.17, 15) is 19.7 Å². The molecule has 2 fully saturated rings. The predicted octanol–water partition coefficient (Wildman–Crippen LogP) is 3.71. The number of hydrazone groups is 1. The smallest absolute Gasteiger partial charge is 0.269 e. The highest BCUT2D eigenvalue weighted by Gasteiger charge is 2.56. The second-order valence-corrected chi connectivity index (χ2v) is 8.70. The van der Waals surface area contributed by atoms with Crippen molar-refractivity contribution >= 4 is 23.7 Å². The normalized spacial score (nSPS) is 25.1. The van der Waals surface area contributed by atoms with Gasteiger partial charge < -0.3 is 9.47 Å². The summed E-state index contributed by atoms with van der Waals surface area (Å²) in [5, 5.41) is 16.0. The average molecular weight is 461 g/mol. The van der Waals surface area contributed by atoms with E-state index >= 15 is 0 Å². The molecular formula is C25H23N3O6. The number of benzene rings is 2. The maximum Gasteiger partial charge on any atom is 0.269 e. The number of non-ortho nitro benzene ring substituents is 1. The molecule has 0 N–H and O–H groups in total. The van der Waals surface area contributed by atoms with Gasteiger partial charge in [-0.3, -0.25) is 19.7 Å². The largest absolute Gasteiger partial charge is 0.493 e. The summed E-state index contributed by atoms with van der Waals surface area (Å²) in [5.74, 6) is 0.163. The molecule has 9 heteroatoms. The van der Waals surface area contributed by atoms with Crippen LogP contribution >= 0.6 is 0 Å². The number of fused-ring (bicyclic) bond motifs is 1. The number of rotatable bonds is 7. The van der Waals surface area contributed by atoms with Gasteiger partial charge in [-0.1, -0.05) is 12.2 Å². The molecule has 4 atom stereocenters. The monoisotopic (exact) mass is 461 g/mol. The quantitative estimate of drug-likeness (QED) is 0.204. The maximum absolute atomic E-state index is 12.9. The fourth-order valence-corrected chi connectivity index (χ4v) is 5.06. The summed E-state index contributed by atoms with van der Waals surface area (Å²) in [4.78, 5) is 36.1. The van der Waals surface area contributed by atoms with Gasteiger partial charge in [0.05, 0.1) is 30.1 Å². The van der Waals surface area contributed by atoms with Crippen LogP contribution in [0.1, 0.15) is 24.0 Å². The van der Waals surface area contributed by atoms with Crippen LogP contribution in [0.3, 0.4) is 0 Å². The van der Waals surface area contributed by atoms with Crippen LogP contribution in [-0.2, 0) is 16.2 Å². The number of ether oxygens (including phenoxy) is 2. The Hall–Kier alpha value is -4.01. The van der Waals surface area contributed by atoms with Gasteiger partial charge in [-0.05, 0) is 66.1 Å². The van der Waals surface area contributed by atoms with Gasteiger partial charge in [-0.15, -0.1) is 0 Å². The lowest BCUT2D eigenvalue weighted by atomic mass is 9.63. The van der Waals surface area contributed by atoms with E-state index in [1.165, 1.54) is 25.5 Å². The number of allylic oxidation sites excluding steroid dienone is 2. The molecule has 0 unspecified atom stereocenters. The van der Waals surface area contributed by atoms with Crippen LogP contribution < -0.4 is 9.47 Å². The van der Waals surface area contributed by atoms with Crippen molar-refractivity contribution < 1.29 is 24.0 Å². The molecule has 3 aliphatic carbocycles. The van der Waals surface area contributed by atoms with E-state index in [4.69, 9.17) is 9.47 Å². The molecule has 2 bridgehead atoms. The predicted molar refractivity (Wildman–Crippen MR) is 122 cm³/mol. The molecule has 1 saturated heterocycles. The summed E-state index contributed by atoms with van der Waals surface area (Å²) in [5.41, 5.74) is 1.44. The number of carbonyl (C=O) groups is 2. The number of nitro groups is 1. The molecule has 1 aliphatic heterocycles. The van der Waals surface area contributed by atoms with E-state index < -0.39 is 4.92 Å². The van der Waals surface area contributed by atoms with Gasteiger partial charge in [0.2, 0.25) is 0 Å². The van der Waals surface area contributed by atoms with E-state index in [2.05, 4.69) is 17.3 Å². The average Bonchev–Trinajstić information content (AvgIpc) is 3.14. The molecule has 1 saturated carbocycles. The third-order valence-electron chi connectivity index (χ3n) is 6.79. The Kier molecular flexibility index (Phi) is 5.61. The number of nitrogens with zero attached hydrogens (tertiary/aromatic N) is 3. The molecule has 2 aromatic carbocycles. The Morgan fingerprint density at radius 3 is 2.24 bits per heavy atom. The first-order valence-electron chi connectivity index (χ1n) is 11.1. The molecule has 174 valence electrons. The summed E-state index contributed by atoms with van der Waals surface area (Å²) in [7, 11) is 1.51. The Balaban J connectivity index is 1.27. The van der Waals surface area contributed by atoms with Crippen LogP contribution in [0.5, 0.6) is 11.5 Å². The molecule has 34 heavy (non-hydrogen) atoms. The number of amides is 2. The van der Waals surface area contributed by atoms with Gasteiger partial charge in [0.15, 0.2) is 11.5 Å². The molecular weight excluding hydrogens is 438 g/mol. The molecule has 9 nitrogen and oxygen atoms in total. The van der Waals surface area contributed by atoms with Crippen molar-refractivity contribution in [3.05, 3.63) is 75.9 Å². The first kappa shape index (κ1) is 21.8. The summed E-state index contributed by atoms with van der Waals surface area (Å²) in [6, 6.07) is 11.3. The van der Waals surface area contributed by atoms with E-state index in [0.717, 1.165) is 23.4 Å². The molecule has 1 heterocycles. The first-order chi connectivity index (χ1) is 16.5. The van der Waals surface area contributed by atoms with E-state index in [1.54, 1.807) is 30.3 Å². The summed E-state index contributed by atoms with van der Waals surface area (Å²) in [6.07, 6.45) is 7.52. The molecule has 0 radical (unpaired) electrons. The lowest BCUT2D eigenvalue weighted by molar-refractivity contribution is -0.384. The van der Waals surface area contributed by atoms with Crippen molar-refractivity contribution in [1.29, 1.82) is 0 Å². The van der Waals surface area contributed by atoms with Gasteiger partial charge in [0.25, 0.3) is 17.5 Å². The van der Waals surface area contributed by atoms with Crippen LogP contribution in [0.15, 0.2) is 59.7 Å². The first-order valence-corrected chi connectivity index (χ1v) is 11.1. The molecule has 0 aromatic heterocycles. The van der Waals surface area contributed by atoms with Gasteiger partial charge in [0, 0.05) is 12.1 Å². The van der Waals surface area contributed by atoms with Crippen molar-refractivity contribution in [3.8, 4) is 11.5 Å². The van der Waals surface area contributed by atoms with Crippen molar-refractivity contribution in [3.63, 3.8) is 0 Å². The lowest BCUT2D eigenvalue weighted by Crippen LogP contribution is -2.38. The highest BCUT2D eigenvalue weighted by molar-refractivity contribution is 6.06. The van der Waals surface area contributed by atoms with Crippen LogP contribution in [0.25, 0.3) is 0 Å². The minimum atomic E-state index is -0.452. The number of methoxy groups -OCH3 is 1. The fourth-order valence-electron chi connectivity index (χ4n) is 5.06. The summed E-state index contributed by atoms with van der Waals surface area (Å²) < 4.78 is 11.2. The Morgan fingerprint density at radius 2 is 1.68 bits per heavy atom. The molecule has 4 aliphatic rings. The van der Waals surface area contributed by atoms with Gasteiger partial charge >= 0.3 is 0 Å². The van der Waals surface area contributed by atoms with Crippen LogP contribution in [0.2, 0.25) is 0 Å². The highest BCUT2D eigenvalue weighted by atomic mass is 16.6. The van der Waals surface area contributed by atoms with Gasteiger partial charge in [0.1, 0.15) is 6.61 Å². The minimum absolute atomic E-state index is 0.0168. The number of imide groups is 1. The fraction of sp³-hybridized carbons (Fsp3) is 0.320. The maximum atomic E-state index is 12.9. The van der Waals surface area contributed by atoms with E-state index in [0.29, 0.717) is 17.1 Å². The van der Waals surface area contributed by atoms with E-state index in [1.807, 2.05) is 0 Å². The molecule has 2 aromatic rings. The van der Waals surface area contributed by atoms with Crippen LogP contribution in [-0.4, -0.2) is 35.1 Å². The van der Waals surface area contributed by atoms with Crippen molar-refractivity contribution in [2.45, 2.75) is 19.4 Å². The molecule has 0 spiro atoms. The minimum Gasteiger partial charge on any atom is -0.493 e. The summed E-state index contributed by atoms with van der Waals surface area (Å²) >= 11 is 0. The standard InChI is InChI=1S/C25H23N3O6/c1-33-21-12-16(4-11-20(21)34-14-15-2-9-19(10-3-15)28(31)32)13-26-27-24(29)22-17-5-6-18(8-7-17)23(22)25(27)30/h2-6,9-13,17-18,22-23H,7-8,14H2,1H3/b26-13-/t17-,18-,22-,23-/m1/s1. The second-order valence-electron chi connectivity index (χ2n) is 8.70. The number of carbonyl (C=O) groups excluding carboxylic acids is 2. The molecule has 6 rings (SSSR count). The Labute approximate surface area is 195 Å². The zero-order valence-corrected chi connectivity index (χ0v) is 18.5. The SMILES string of the molecule is COc1cc(/C=N\N2C(=O)[C@H]3[C@H](C2=O)[C@@H]2C=C[C@@H]3CC2)ccc1OCc1ccc([N+](=O)[O-])cc1. The third-order valence-corrected chi connectivity index (χ3v) is 6.79. The van der Waals surface area contributed by atoms with Gasteiger partial charge in [-0.25, -0.2) is 0 Å².